The van der Waals surface area contributed by atoms with Crippen LogP contribution in [0.2, 0.25) is 0 Å². The fourth-order valence-electron chi connectivity index (χ4n) is 2.80. The molecule has 0 saturated carbocycles. The van der Waals surface area contributed by atoms with E-state index >= 15 is 0 Å². The van der Waals surface area contributed by atoms with Crippen molar-refractivity contribution in [2.75, 3.05) is 26.8 Å². The maximum absolute atomic E-state index is 12.2. The average Bonchev–Trinajstić information content (AvgIpc) is 2.78. The molecule has 0 atom stereocenters. The van der Waals surface area contributed by atoms with Crippen LogP contribution in [0.4, 0.5) is 0 Å². The van der Waals surface area contributed by atoms with Gasteiger partial charge in [-0.25, -0.2) is 0 Å². The van der Waals surface area contributed by atoms with E-state index in [1.165, 1.54) is 0 Å². The standard InChI is InChI=1S/C16H19NO4/c1-11-3-4-13-12(7-21-14(13)5-11)6-15(18)17-8-16(19,9-17)10-20-2/h3-5,7,19H,6,8-10H2,1-2H3. The number of methoxy groups -OCH3 is 1. The SMILES string of the molecule is COCC1(O)CN(C(=O)Cc2coc3cc(C)ccc23)C1. The molecule has 1 saturated heterocycles. The van der Waals surface area contributed by atoms with Gasteiger partial charge in [-0.05, 0) is 18.6 Å². The van der Waals surface area contributed by atoms with E-state index in [4.69, 9.17) is 9.15 Å². The van der Waals surface area contributed by atoms with E-state index in [1.807, 2.05) is 25.1 Å². The Morgan fingerprint density at radius 3 is 2.95 bits per heavy atom. The molecule has 2 heterocycles. The van der Waals surface area contributed by atoms with Gasteiger partial charge in [0.05, 0.1) is 32.4 Å². The fourth-order valence-corrected chi connectivity index (χ4v) is 2.80. The molecule has 1 N–H and O–H groups in total. The van der Waals surface area contributed by atoms with Crippen LogP contribution in [-0.4, -0.2) is 48.3 Å². The van der Waals surface area contributed by atoms with Gasteiger partial charge in [0, 0.05) is 18.1 Å². The maximum Gasteiger partial charge on any atom is 0.227 e. The van der Waals surface area contributed by atoms with E-state index in [0.29, 0.717) is 19.5 Å². The molecule has 1 aromatic carbocycles. The van der Waals surface area contributed by atoms with Crippen molar-refractivity contribution < 1.29 is 19.1 Å². The Kier molecular flexibility index (Phi) is 3.47. The van der Waals surface area contributed by atoms with Crippen molar-refractivity contribution in [3.63, 3.8) is 0 Å². The molecule has 1 aliphatic rings. The summed E-state index contributed by atoms with van der Waals surface area (Å²) in [4.78, 5) is 13.9. The van der Waals surface area contributed by atoms with Crippen molar-refractivity contribution in [1.29, 1.82) is 0 Å². The quantitative estimate of drug-likeness (QED) is 0.926. The lowest BCUT2D eigenvalue weighted by Crippen LogP contribution is -2.65. The zero-order valence-corrected chi connectivity index (χ0v) is 12.3. The first-order chi connectivity index (χ1) is 10.0. The Balaban J connectivity index is 1.68. The summed E-state index contributed by atoms with van der Waals surface area (Å²) in [6, 6.07) is 5.95. The summed E-state index contributed by atoms with van der Waals surface area (Å²) in [5, 5.41) is 11.0. The largest absolute Gasteiger partial charge is 0.464 e. The second-order valence-corrected chi connectivity index (χ2v) is 5.84. The number of carbonyl (C=O) groups is 1. The molecule has 0 bridgehead atoms. The number of ether oxygens (including phenoxy) is 1. The van der Waals surface area contributed by atoms with Crippen LogP contribution in [-0.2, 0) is 16.0 Å². The van der Waals surface area contributed by atoms with Crippen LogP contribution in [0.15, 0.2) is 28.9 Å². The summed E-state index contributed by atoms with van der Waals surface area (Å²) < 4.78 is 10.5. The molecule has 0 radical (unpaired) electrons. The number of hydrogen-bond acceptors (Lipinski definition) is 4. The molecule has 2 aromatic rings. The lowest BCUT2D eigenvalue weighted by atomic mass is 9.94. The molecule has 1 fully saturated rings. The van der Waals surface area contributed by atoms with Gasteiger partial charge in [-0.15, -0.1) is 0 Å². The Morgan fingerprint density at radius 1 is 1.48 bits per heavy atom. The normalized spacial score (nSPS) is 17.0. The first kappa shape index (κ1) is 14.1. The van der Waals surface area contributed by atoms with Crippen LogP contribution in [0, 0.1) is 6.92 Å². The zero-order valence-electron chi connectivity index (χ0n) is 12.3. The minimum absolute atomic E-state index is 0.000877. The lowest BCUT2D eigenvalue weighted by Gasteiger charge is -2.46. The van der Waals surface area contributed by atoms with E-state index in [9.17, 15) is 9.90 Å². The predicted molar refractivity (Wildman–Crippen MR) is 78.1 cm³/mol. The van der Waals surface area contributed by atoms with Crippen molar-refractivity contribution in [2.24, 2.45) is 0 Å². The second kappa shape index (κ2) is 5.16. The van der Waals surface area contributed by atoms with Crippen LogP contribution in [0.3, 0.4) is 0 Å². The molecular formula is C16H19NO4. The van der Waals surface area contributed by atoms with Gasteiger partial charge in [-0.1, -0.05) is 12.1 Å². The minimum atomic E-state index is -0.889. The highest BCUT2D eigenvalue weighted by Crippen LogP contribution is 2.26. The van der Waals surface area contributed by atoms with E-state index in [2.05, 4.69) is 0 Å². The van der Waals surface area contributed by atoms with E-state index in [1.54, 1.807) is 18.3 Å². The molecular weight excluding hydrogens is 270 g/mol. The molecule has 1 amide bonds. The minimum Gasteiger partial charge on any atom is -0.464 e. The first-order valence-electron chi connectivity index (χ1n) is 6.97. The number of rotatable bonds is 4. The fraction of sp³-hybridized carbons (Fsp3) is 0.438. The topological polar surface area (TPSA) is 62.9 Å². The van der Waals surface area contributed by atoms with E-state index in [0.717, 1.165) is 22.1 Å². The van der Waals surface area contributed by atoms with Crippen molar-refractivity contribution >= 4 is 16.9 Å². The number of aryl methyl sites for hydroxylation is 1. The van der Waals surface area contributed by atoms with Crippen molar-refractivity contribution in [2.45, 2.75) is 18.9 Å². The van der Waals surface area contributed by atoms with Gasteiger partial charge in [0.1, 0.15) is 11.2 Å². The van der Waals surface area contributed by atoms with Gasteiger partial charge in [0.2, 0.25) is 5.91 Å². The molecule has 1 aliphatic heterocycles. The number of amides is 1. The number of furan rings is 1. The molecule has 3 rings (SSSR count). The highest BCUT2D eigenvalue weighted by molar-refractivity contribution is 5.88. The third-order valence-electron chi connectivity index (χ3n) is 3.89. The zero-order chi connectivity index (χ0) is 15.0. The summed E-state index contributed by atoms with van der Waals surface area (Å²) >= 11 is 0. The number of β-amino-alcohol motifs (C(OH)–C–C–N with tert-alkyl or cyclic N) is 1. The molecule has 0 spiro atoms. The van der Waals surface area contributed by atoms with E-state index in [-0.39, 0.29) is 12.5 Å². The number of likely N-dealkylation sites (tertiary alicyclic amines) is 1. The summed E-state index contributed by atoms with van der Waals surface area (Å²) in [5.41, 5.74) is 1.93. The third kappa shape index (κ3) is 2.66. The van der Waals surface area contributed by atoms with Gasteiger partial charge in [-0.2, -0.15) is 0 Å². The number of carbonyl (C=O) groups excluding carboxylic acids is 1. The molecule has 0 aliphatic carbocycles. The summed E-state index contributed by atoms with van der Waals surface area (Å²) in [6.07, 6.45) is 1.93. The Hall–Kier alpha value is -1.85. The molecule has 0 unspecified atom stereocenters. The monoisotopic (exact) mass is 289 g/mol. The first-order valence-corrected chi connectivity index (χ1v) is 6.97. The molecule has 5 heteroatoms. The molecule has 5 nitrogen and oxygen atoms in total. The van der Waals surface area contributed by atoms with Gasteiger partial charge in [0.15, 0.2) is 0 Å². The van der Waals surface area contributed by atoms with Gasteiger partial charge >= 0.3 is 0 Å². The second-order valence-electron chi connectivity index (χ2n) is 5.84. The molecule has 112 valence electrons. The van der Waals surface area contributed by atoms with Crippen LogP contribution in [0.25, 0.3) is 11.0 Å². The Morgan fingerprint density at radius 2 is 2.24 bits per heavy atom. The smallest absolute Gasteiger partial charge is 0.227 e. The van der Waals surface area contributed by atoms with Gasteiger partial charge < -0.3 is 19.2 Å². The van der Waals surface area contributed by atoms with E-state index < -0.39 is 5.60 Å². The number of aliphatic hydroxyl groups is 1. The Labute approximate surface area is 123 Å². The van der Waals surface area contributed by atoms with Crippen molar-refractivity contribution in [3.05, 3.63) is 35.6 Å². The number of fused-ring (bicyclic) bond motifs is 1. The van der Waals surface area contributed by atoms with Gasteiger partial charge in [-0.3, -0.25) is 4.79 Å². The van der Waals surface area contributed by atoms with Crippen molar-refractivity contribution in [1.82, 2.24) is 4.90 Å². The maximum atomic E-state index is 12.2. The highest BCUT2D eigenvalue weighted by Gasteiger charge is 2.43. The van der Waals surface area contributed by atoms with Crippen LogP contribution < -0.4 is 0 Å². The third-order valence-corrected chi connectivity index (χ3v) is 3.89. The highest BCUT2D eigenvalue weighted by atomic mass is 16.5. The average molecular weight is 289 g/mol. The number of nitrogens with zero attached hydrogens (tertiary/aromatic N) is 1. The number of benzene rings is 1. The summed E-state index contributed by atoms with van der Waals surface area (Å²) in [7, 11) is 1.54. The number of hydrogen-bond donors (Lipinski definition) is 1. The van der Waals surface area contributed by atoms with Crippen LogP contribution in [0.5, 0.6) is 0 Å². The Bertz CT molecular complexity index is 670. The van der Waals surface area contributed by atoms with Crippen LogP contribution in [0.1, 0.15) is 11.1 Å². The lowest BCUT2D eigenvalue weighted by molar-refractivity contribution is -0.164. The summed E-state index contributed by atoms with van der Waals surface area (Å²) in [5.74, 6) is -0.000877. The van der Waals surface area contributed by atoms with Crippen LogP contribution >= 0.6 is 0 Å². The summed E-state index contributed by atoms with van der Waals surface area (Å²) in [6.45, 7) is 2.91. The molecule has 1 aromatic heterocycles. The van der Waals surface area contributed by atoms with Crippen molar-refractivity contribution in [3.8, 4) is 0 Å². The molecule has 21 heavy (non-hydrogen) atoms. The predicted octanol–water partition coefficient (Wildman–Crippen LogP) is 1.50. The van der Waals surface area contributed by atoms with Gasteiger partial charge in [0.25, 0.3) is 0 Å².